The number of anilines is 2. The van der Waals surface area contributed by atoms with Crippen LogP contribution in [0.3, 0.4) is 0 Å². The van der Waals surface area contributed by atoms with Crippen LogP contribution in [0.1, 0.15) is 48.9 Å². The van der Waals surface area contributed by atoms with Gasteiger partial charge in [-0.25, -0.2) is 0 Å². The highest BCUT2D eigenvalue weighted by Crippen LogP contribution is 2.37. The summed E-state index contributed by atoms with van der Waals surface area (Å²) in [5.41, 5.74) is 5.04. The van der Waals surface area contributed by atoms with Crippen LogP contribution < -0.4 is 14.5 Å². The number of aryl methyl sites for hydroxylation is 1. The minimum atomic E-state index is -0.219. The van der Waals surface area contributed by atoms with E-state index in [4.69, 9.17) is 19.4 Å². The normalized spacial score (nSPS) is 23.5. The molecule has 1 aliphatic carbocycles. The smallest absolute Gasteiger partial charge is 0.318 e. The number of nitriles is 1. The zero-order valence-electron chi connectivity index (χ0n) is 26.0. The van der Waals surface area contributed by atoms with Gasteiger partial charge in [-0.05, 0) is 62.8 Å². The Kier molecular flexibility index (Phi) is 9.63. The van der Waals surface area contributed by atoms with Gasteiger partial charge in [-0.3, -0.25) is 9.69 Å². The van der Waals surface area contributed by atoms with Gasteiger partial charge in [0.05, 0.1) is 30.8 Å². The fourth-order valence-electron chi connectivity index (χ4n) is 7.58. The Morgan fingerprint density at radius 2 is 2.00 bits per heavy atom. The molecule has 10 heteroatoms. The van der Waals surface area contributed by atoms with E-state index in [0.29, 0.717) is 50.9 Å². The number of fused-ring (bicyclic) bond motifs is 2. The van der Waals surface area contributed by atoms with Gasteiger partial charge in [-0.15, -0.1) is 0 Å². The van der Waals surface area contributed by atoms with Crippen LogP contribution in [0.25, 0.3) is 0 Å². The highest BCUT2D eigenvalue weighted by Gasteiger charge is 2.35. The van der Waals surface area contributed by atoms with Gasteiger partial charge < -0.3 is 24.2 Å². The summed E-state index contributed by atoms with van der Waals surface area (Å²) >= 11 is 0. The van der Waals surface area contributed by atoms with Gasteiger partial charge in [0.15, 0.2) is 0 Å². The number of carbonyl (C=O) groups excluding carboxylic acids is 1. The van der Waals surface area contributed by atoms with Crippen molar-refractivity contribution in [1.29, 1.82) is 5.26 Å². The third kappa shape index (κ3) is 6.40. The fraction of sp³-hybridized carbons (Fsp3) is 0.588. The summed E-state index contributed by atoms with van der Waals surface area (Å²) in [5, 5.41) is 9.56. The van der Waals surface area contributed by atoms with Crippen molar-refractivity contribution in [3.63, 3.8) is 0 Å². The number of hydrogen-bond donors (Lipinski definition) is 0. The Bertz CT molecular complexity index is 1380. The first-order chi connectivity index (χ1) is 21.6. The van der Waals surface area contributed by atoms with Gasteiger partial charge >= 0.3 is 6.01 Å². The predicted octanol–water partition coefficient (Wildman–Crippen LogP) is 3.39. The van der Waals surface area contributed by atoms with E-state index in [1.54, 1.807) is 12.0 Å². The lowest BCUT2D eigenvalue weighted by atomic mass is 9.88. The lowest BCUT2D eigenvalue weighted by molar-refractivity contribution is -0.128. The third-order valence-electron chi connectivity index (χ3n) is 9.85. The molecule has 3 aliphatic heterocycles. The van der Waals surface area contributed by atoms with Crippen LogP contribution >= 0.6 is 0 Å². The Hall–Kier alpha value is -3.68. The molecule has 0 bridgehead atoms. The SMILES string of the molecule is C=CC(=O)N1CCN(c2nc(OC[C@@H]3CCCN3CCOC)nc3c2CCC(N2CCCc4ccccc42)C3)C[C@@H]1CC#N. The summed E-state index contributed by atoms with van der Waals surface area (Å²) in [6.07, 6.45) is 8.91. The van der Waals surface area contributed by atoms with E-state index in [0.717, 1.165) is 69.7 Å². The van der Waals surface area contributed by atoms with Crippen molar-refractivity contribution in [2.45, 2.75) is 69.5 Å². The molecule has 234 valence electrons. The molecule has 2 saturated heterocycles. The van der Waals surface area contributed by atoms with E-state index < -0.39 is 0 Å². The van der Waals surface area contributed by atoms with Crippen molar-refractivity contribution < 1.29 is 14.3 Å². The molecule has 0 radical (unpaired) electrons. The van der Waals surface area contributed by atoms with E-state index in [-0.39, 0.29) is 18.4 Å². The van der Waals surface area contributed by atoms with Crippen molar-refractivity contribution >= 4 is 17.4 Å². The van der Waals surface area contributed by atoms with E-state index in [1.807, 2.05) is 0 Å². The Morgan fingerprint density at radius 3 is 2.84 bits per heavy atom. The minimum absolute atomic E-state index is 0.127. The van der Waals surface area contributed by atoms with Crippen molar-refractivity contribution in [1.82, 2.24) is 19.8 Å². The maximum atomic E-state index is 12.6. The second kappa shape index (κ2) is 14.0. The monoisotopic (exact) mass is 599 g/mol. The number of methoxy groups -OCH3 is 1. The van der Waals surface area contributed by atoms with Crippen molar-refractivity contribution in [3.8, 4) is 12.1 Å². The van der Waals surface area contributed by atoms with Crippen molar-refractivity contribution in [2.75, 3.05) is 69.4 Å². The quantitative estimate of drug-likeness (QED) is 0.381. The molecule has 1 aromatic heterocycles. The van der Waals surface area contributed by atoms with Gasteiger partial charge in [0.25, 0.3) is 0 Å². The van der Waals surface area contributed by atoms with Gasteiger partial charge in [0.2, 0.25) is 5.91 Å². The van der Waals surface area contributed by atoms with Crippen molar-refractivity contribution in [2.24, 2.45) is 0 Å². The lowest BCUT2D eigenvalue weighted by Crippen LogP contribution is -2.55. The summed E-state index contributed by atoms with van der Waals surface area (Å²) in [4.78, 5) is 31.8. The van der Waals surface area contributed by atoms with Gasteiger partial charge in [-0.2, -0.15) is 15.2 Å². The van der Waals surface area contributed by atoms with Gasteiger partial charge in [-0.1, -0.05) is 24.8 Å². The maximum Gasteiger partial charge on any atom is 0.318 e. The predicted molar refractivity (Wildman–Crippen MR) is 170 cm³/mol. The summed E-state index contributed by atoms with van der Waals surface area (Å²) in [7, 11) is 1.74. The first-order valence-electron chi connectivity index (χ1n) is 16.2. The van der Waals surface area contributed by atoms with Gasteiger partial charge in [0, 0.05) is 69.6 Å². The number of piperazine rings is 1. The molecular weight excluding hydrogens is 554 g/mol. The molecule has 0 spiro atoms. The van der Waals surface area contributed by atoms with Gasteiger partial charge in [0.1, 0.15) is 12.4 Å². The zero-order valence-corrected chi connectivity index (χ0v) is 26.0. The number of rotatable bonds is 10. The lowest BCUT2D eigenvalue weighted by Gasteiger charge is -2.43. The summed E-state index contributed by atoms with van der Waals surface area (Å²) in [6.45, 7) is 9.65. The highest BCUT2D eigenvalue weighted by atomic mass is 16.5. The fourth-order valence-corrected chi connectivity index (χ4v) is 7.58. The standard InChI is InChI=1S/C34H45N7O3/c1-3-32(42)41-19-18-39(23-27(41)14-15-35)33-29-13-12-26(40-17-6-9-25-8-4-5-11-31(25)40)22-30(29)36-34(37-33)44-24-28-10-7-16-38(28)20-21-43-2/h3-5,8,11,26-28H,1,6-7,9-10,12-14,16-24H2,2H3/t26?,27-,28-/m0/s1. The van der Waals surface area contributed by atoms with E-state index >= 15 is 0 Å². The second-order valence-corrected chi connectivity index (χ2v) is 12.4. The van der Waals surface area contributed by atoms with Crippen LogP contribution in [0, 0.1) is 11.3 Å². The topological polar surface area (TPSA) is 98.1 Å². The van der Waals surface area contributed by atoms with Crippen LogP contribution in [0.5, 0.6) is 6.01 Å². The number of amides is 1. The molecular formula is C34H45N7O3. The number of benzene rings is 1. The Morgan fingerprint density at radius 1 is 1.11 bits per heavy atom. The average Bonchev–Trinajstić information content (AvgIpc) is 3.52. The average molecular weight is 600 g/mol. The second-order valence-electron chi connectivity index (χ2n) is 12.4. The van der Waals surface area contributed by atoms with E-state index in [2.05, 4.69) is 51.6 Å². The molecule has 4 aliphatic rings. The molecule has 4 heterocycles. The van der Waals surface area contributed by atoms with E-state index in [9.17, 15) is 10.1 Å². The zero-order chi connectivity index (χ0) is 30.5. The Labute approximate surface area is 261 Å². The number of hydrogen-bond acceptors (Lipinski definition) is 9. The minimum Gasteiger partial charge on any atom is -0.462 e. The van der Waals surface area contributed by atoms with Crippen LogP contribution in [-0.4, -0.2) is 103 Å². The van der Waals surface area contributed by atoms with Crippen molar-refractivity contribution in [3.05, 3.63) is 53.7 Å². The largest absolute Gasteiger partial charge is 0.462 e. The first-order valence-corrected chi connectivity index (χ1v) is 16.2. The molecule has 0 saturated carbocycles. The number of nitrogens with zero attached hydrogens (tertiary/aromatic N) is 7. The van der Waals surface area contributed by atoms with E-state index in [1.165, 1.54) is 29.3 Å². The highest BCUT2D eigenvalue weighted by molar-refractivity contribution is 5.87. The third-order valence-corrected chi connectivity index (χ3v) is 9.85. The van der Waals surface area contributed by atoms with Crippen LogP contribution in [0.2, 0.25) is 0 Å². The summed E-state index contributed by atoms with van der Waals surface area (Å²) in [6, 6.07) is 12.0. The summed E-state index contributed by atoms with van der Waals surface area (Å²) < 4.78 is 11.7. The number of carbonyl (C=O) groups is 1. The molecule has 1 unspecified atom stereocenters. The molecule has 10 nitrogen and oxygen atoms in total. The maximum absolute atomic E-state index is 12.6. The Balaban J connectivity index is 1.28. The van der Waals surface area contributed by atoms with Crippen LogP contribution in [0.15, 0.2) is 36.9 Å². The number of aromatic nitrogens is 2. The molecule has 1 aromatic carbocycles. The molecule has 6 rings (SSSR count). The number of para-hydroxylation sites is 1. The summed E-state index contributed by atoms with van der Waals surface area (Å²) in [5.74, 6) is 0.775. The molecule has 44 heavy (non-hydrogen) atoms. The number of ether oxygens (including phenoxy) is 2. The van der Waals surface area contributed by atoms with Crippen LogP contribution in [0.4, 0.5) is 11.5 Å². The first kappa shape index (κ1) is 30.4. The molecule has 0 N–H and O–H groups in total. The number of likely N-dealkylation sites (tertiary alicyclic amines) is 1. The molecule has 1 amide bonds. The van der Waals surface area contributed by atoms with Crippen LogP contribution in [-0.2, 0) is 28.8 Å². The molecule has 3 atom stereocenters. The molecule has 2 aromatic rings. The molecule has 2 fully saturated rings.